The van der Waals surface area contributed by atoms with E-state index >= 15 is 0 Å². The summed E-state index contributed by atoms with van der Waals surface area (Å²) in [6.07, 6.45) is 2.24. The molecule has 3 aromatic carbocycles. The summed E-state index contributed by atoms with van der Waals surface area (Å²) in [4.78, 5) is 24.0. The summed E-state index contributed by atoms with van der Waals surface area (Å²) in [5.74, 6) is 0.405. The maximum Gasteiger partial charge on any atom is 0.196 e. The molecular weight excluding hydrogens is 460 g/mol. The summed E-state index contributed by atoms with van der Waals surface area (Å²) >= 11 is 0. The molecule has 0 spiro atoms. The van der Waals surface area contributed by atoms with Crippen LogP contribution in [0.2, 0.25) is 0 Å². The first-order chi connectivity index (χ1) is 17.1. The van der Waals surface area contributed by atoms with Gasteiger partial charge in [0.25, 0.3) is 0 Å². The van der Waals surface area contributed by atoms with E-state index in [1.807, 2.05) is 26.0 Å². The molecule has 0 saturated carbocycles. The first-order valence-corrected chi connectivity index (χ1v) is 11.2. The molecule has 0 unspecified atom stereocenters. The van der Waals surface area contributed by atoms with E-state index in [9.17, 15) is 24.9 Å². The number of ketones is 1. The molecular formula is C29H28O7. The first-order valence-electron chi connectivity index (χ1n) is 11.2. The van der Waals surface area contributed by atoms with Crippen LogP contribution in [-0.4, -0.2) is 28.2 Å². The molecule has 0 aliphatic rings. The van der Waals surface area contributed by atoms with Crippen LogP contribution in [0.25, 0.3) is 11.0 Å². The Kier molecular flexibility index (Phi) is 8.17. The average molecular weight is 489 g/mol. The van der Waals surface area contributed by atoms with Gasteiger partial charge in [0.05, 0.1) is 12.7 Å². The number of ether oxygens (including phenoxy) is 1. The first kappa shape index (κ1) is 26.1. The molecule has 186 valence electrons. The fourth-order valence-electron chi connectivity index (χ4n) is 3.53. The van der Waals surface area contributed by atoms with Crippen molar-refractivity contribution in [3.05, 3.63) is 105 Å². The minimum atomic E-state index is -0.310. The standard InChI is InChI=1S/C15H16O4.C14H12O3/c1-8(2)4-5-10-11(16)7-13-14(15(10)18)12(17)6-9(3)19-13;1-17-11-7-8-12(13(15)9-11)14(16)10-5-3-2-4-6-10/h4,6-7,16,18H,5H2,1-3H3;2-9,15H,1H3. The van der Waals surface area contributed by atoms with Gasteiger partial charge in [-0.3, -0.25) is 9.59 Å². The lowest BCUT2D eigenvalue weighted by atomic mass is 10.0. The SMILES string of the molecule is CC(C)=CCc1c(O)cc2oc(C)cc(=O)c2c1O.COc1ccc(C(=O)c2ccccc2)c(O)c1. The zero-order chi connectivity index (χ0) is 26.4. The highest BCUT2D eigenvalue weighted by molar-refractivity contribution is 6.10. The Labute approximate surface area is 208 Å². The van der Waals surface area contributed by atoms with Gasteiger partial charge in [0.2, 0.25) is 0 Å². The van der Waals surface area contributed by atoms with Crippen LogP contribution in [0.4, 0.5) is 0 Å². The fraction of sp³-hybridized carbons (Fsp3) is 0.172. The van der Waals surface area contributed by atoms with Gasteiger partial charge in [-0.25, -0.2) is 0 Å². The molecule has 0 fully saturated rings. The third-order valence-corrected chi connectivity index (χ3v) is 5.40. The van der Waals surface area contributed by atoms with Gasteiger partial charge in [0, 0.05) is 29.3 Å². The number of hydrogen-bond acceptors (Lipinski definition) is 7. The van der Waals surface area contributed by atoms with Gasteiger partial charge >= 0.3 is 0 Å². The van der Waals surface area contributed by atoms with Crippen LogP contribution in [0.5, 0.6) is 23.0 Å². The predicted octanol–water partition coefficient (Wildman–Crippen LogP) is 5.65. The molecule has 4 rings (SSSR count). The molecule has 4 aromatic rings. The van der Waals surface area contributed by atoms with Gasteiger partial charge in [0.1, 0.15) is 39.7 Å². The number of phenolic OH excluding ortho intramolecular Hbond substituents is 3. The lowest BCUT2D eigenvalue weighted by Crippen LogP contribution is -2.02. The number of carbonyl (C=O) groups excluding carboxylic acids is 1. The highest BCUT2D eigenvalue weighted by Gasteiger charge is 2.16. The molecule has 7 heteroatoms. The Hall–Kier alpha value is -4.52. The molecule has 0 radical (unpaired) electrons. The van der Waals surface area contributed by atoms with E-state index in [1.165, 1.54) is 25.3 Å². The zero-order valence-electron chi connectivity index (χ0n) is 20.5. The smallest absolute Gasteiger partial charge is 0.196 e. The van der Waals surface area contributed by atoms with Gasteiger partial charge in [-0.15, -0.1) is 0 Å². The largest absolute Gasteiger partial charge is 0.507 e. The third-order valence-electron chi connectivity index (χ3n) is 5.40. The second-order valence-corrected chi connectivity index (χ2v) is 8.38. The van der Waals surface area contributed by atoms with Crippen molar-refractivity contribution in [2.24, 2.45) is 0 Å². The Morgan fingerprint density at radius 2 is 1.67 bits per heavy atom. The number of aromatic hydroxyl groups is 3. The second kappa shape index (κ2) is 11.3. The molecule has 7 nitrogen and oxygen atoms in total. The van der Waals surface area contributed by atoms with Gasteiger partial charge < -0.3 is 24.5 Å². The molecule has 0 amide bonds. The minimum absolute atomic E-state index is 0.0711. The highest BCUT2D eigenvalue weighted by Crippen LogP contribution is 2.35. The van der Waals surface area contributed by atoms with Crippen LogP contribution < -0.4 is 10.2 Å². The van der Waals surface area contributed by atoms with Gasteiger partial charge in [-0.05, 0) is 39.3 Å². The number of carbonyl (C=O) groups is 1. The maximum absolute atomic E-state index is 12.1. The van der Waals surface area contributed by atoms with Gasteiger partial charge in [-0.2, -0.15) is 0 Å². The van der Waals surface area contributed by atoms with E-state index in [0.29, 0.717) is 29.1 Å². The molecule has 36 heavy (non-hydrogen) atoms. The molecule has 1 heterocycles. The normalized spacial score (nSPS) is 10.3. The van der Waals surface area contributed by atoms with Crippen molar-refractivity contribution in [2.45, 2.75) is 27.2 Å². The minimum Gasteiger partial charge on any atom is -0.507 e. The Balaban J connectivity index is 0.000000202. The van der Waals surface area contributed by atoms with Crippen LogP contribution >= 0.6 is 0 Å². The number of fused-ring (bicyclic) bond motifs is 1. The lowest BCUT2D eigenvalue weighted by molar-refractivity contribution is 0.103. The molecule has 0 atom stereocenters. The van der Waals surface area contributed by atoms with E-state index < -0.39 is 0 Å². The predicted molar refractivity (Wildman–Crippen MR) is 138 cm³/mol. The van der Waals surface area contributed by atoms with Crippen molar-refractivity contribution >= 4 is 16.8 Å². The Bertz CT molecular complexity index is 1480. The fourth-order valence-corrected chi connectivity index (χ4v) is 3.53. The number of benzene rings is 3. The summed E-state index contributed by atoms with van der Waals surface area (Å²) in [5.41, 5.74) is 2.11. The Morgan fingerprint density at radius 3 is 2.28 bits per heavy atom. The number of hydrogen-bond donors (Lipinski definition) is 3. The summed E-state index contributed by atoms with van der Waals surface area (Å²) in [7, 11) is 1.51. The summed E-state index contributed by atoms with van der Waals surface area (Å²) in [5, 5.41) is 30.0. The number of methoxy groups -OCH3 is 1. The van der Waals surface area contributed by atoms with Gasteiger partial charge in [-0.1, -0.05) is 42.0 Å². The van der Waals surface area contributed by atoms with E-state index in [-0.39, 0.29) is 45.0 Å². The van der Waals surface area contributed by atoms with E-state index in [4.69, 9.17) is 9.15 Å². The topological polar surface area (TPSA) is 117 Å². The summed E-state index contributed by atoms with van der Waals surface area (Å²) in [6, 6.07) is 16.2. The van der Waals surface area contributed by atoms with Crippen LogP contribution in [-0.2, 0) is 6.42 Å². The molecule has 3 N–H and O–H groups in total. The van der Waals surface area contributed by atoms with Crippen molar-refractivity contribution in [3.63, 3.8) is 0 Å². The molecule has 0 saturated heterocycles. The van der Waals surface area contributed by atoms with Gasteiger partial charge in [0.15, 0.2) is 11.2 Å². The van der Waals surface area contributed by atoms with E-state index in [0.717, 1.165) is 5.57 Å². The lowest BCUT2D eigenvalue weighted by Gasteiger charge is -2.08. The van der Waals surface area contributed by atoms with Crippen LogP contribution in [0.1, 0.15) is 41.1 Å². The van der Waals surface area contributed by atoms with Crippen molar-refractivity contribution < 1.29 is 29.3 Å². The quantitative estimate of drug-likeness (QED) is 0.245. The van der Waals surface area contributed by atoms with E-state index in [2.05, 4.69) is 0 Å². The summed E-state index contributed by atoms with van der Waals surface area (Å²) < 4.78 is 10.3. The number of rotatable bonds is 5. The molecule has 0 aliphatic heterocycles. The summed E-state index contributed by atoms with van der Waals surface area (Å²) in [6.45, 7) is 5.49. The van der Waals surface area contributed by atoms with Crippen LogP contribution in [0.15, 0.2) is 81.5 Å². The number of allylic oxidation sites excluding steroid dienone is 2. The third kappa shape index (κ3) is 5.93. The van der Waals surface area contributed by atoms with Crippen molar-refractivity contribution in [1.82, 2.24) is 0 Å². The van der Waals surface area contributed by atoms with Crippen molar-refractivity contribution in [1.29, 1.82) is 0 Å². The van der Waals surface area contributed by atoms with E-state index in [1.54, 1.807) is 43.3 Å². The molecule has 1 aromatic heterocycles. The molecule has 0 aliphatic carbocycles. The Morgan fingerprint density at radius 1 is 0.972 bits per heavy atom. The maximum atomic E-state index is 12.1. The second-order valence-electron chi connectivity index (χ2n) is 8.38. The van der Waals surface area contributed by atoms with Crippen molar-refractivity contribution in [2.75, 3.05) is 7.11 Å². The number of aryl methyl sites for hydroxylation is 1. The number of phenols is 3. The van der Waals surface area contributed by atoms with Crippen molar-refractivity contribution in [3.8, 4) is 23.0 Å². The average Bonchev–Trinajstić information content (AvgIpc) is 2.83. The van der Waals surface area contributed by atoms with Crippen LogP contribution in [0, 0.1) is 6.92 Å². The monoisotopic (exact) mass is 488 g/mol. The zero-order valence-corrected chi connectivity index (χ0v) is 20.5. The molecule has 0 bridgehead atoms. The highest BCUT2D eigenvalue weighted by atomic mass is 16.5. The van der Waals surface area contributed by atoms with Crippen LogP contribution in [0.3, 0.4) is 0 Å².